The summed E-state index contributed by atoms with van der Waals surface area (Å²) < 4.78 is 12.2. The summed E-state index contributed by atoms with van der Waals surface area (Å²) in [7, 11) is 1.58. The lowest BCUT2D eigenvalue weighted by Gasteiger charge is -2.13. The smallest absolute Gasteiger partial charge is 0.258 e. The number of hydrogen-bond acceptors (Lipinski definition) is 6. The van der Waals surface area contributed by atoms with Crippen LogP contribution >= 0.6 is 0 Å². The summed E-state index contributed by atoms with van der Waals surface area (Å²) in [5, 5.41) is 0.587. The maximum absolute atomic E-state index is 13.3. The van der Waals surface area contributed by atoms with Gasteiger partial charge in [0.05, 0.1) is 11.3 Å². The number of ether oxygens (including phenoxy) is 2. The Morgan fingerprint density at radius 2 is 1.41 bits per heavy atom. The summed E-state index contributed by atoms with van der Waals surface area (Å²) >= 11 is 0. The summed E-state index contributed by atoms with van der Waals surface area (Å²) in [5.41, 5.74) is 1.80. The van der Waals surface area contributed by atoms with Crippen LogP contribution in [0.5, 0.6) is 11.5 Å². The fourth-order valence-electron chi connectivity index (χ4n) is 4.15. The van der Waals surface area contributed by atoms with E-state index in [1.54, 1.807) is 19.2 Å². The van der Waals surface area contributed by atoms with Crippen LogP contribution in [-0.4, -0.2) is 28.7 Å². The number of carbonyl (C=O) groups excluding carboxylic acids is 3. The molecule has 1 aliphatic carbocycles. The van der Waals surface area contributed by atoms with Gasteiger partial charge in [-0.1, -0.05) is 0 Å². The first-order valence-electron chi connectivity index (χ1n) is 9.01. The molecule has 0 bridgehead atoms. The summed E-state index contributed by atoms with van der Waals surface area (Å²) in [6.45, 7) is 2.77. The Morgan fingerprint density at radius 3 is 2.00 bits per heavy atom. The van der Waals surface area contributed by atoms with Crippen molar-refractivity contribution in [3.05, 3.63) is 56.9 Å². The molecule has 0 saturated carbocycles. The van der Waals surface area contributed by atoms with Gasteiger partial charge < -0.3 is 14.0 Å². The van der Waals surface area contributed by atoms with E-state index in [4.69, 9.17) is 9.47 Å². The Hall–Kier alpha value is -3.74. The molecule has 1 aromatic heterocycles. The van der Waals surface area contributed by atoms with Crippen LogP contribution in [0, 0.1) is 0 Å². The monoisotopic (exact) mass is 389 g/mol. The quantitative estimate of drug-likeness (QED) is 0.490. The van der Waals surface area contributed by atoms with Gasteiger partial charge in [0.2, 0.25) is 6.79 Å². The van der Waals surface area contributed by atoms with Gasteiger partial charge in [-0.2, -0.15) is 0 Å². The van der Waals surface area contributed by atoms with Crippen molar-refractivity contribution < 1.29 is 23.9 Å². The number of ketones is 3. The predicted molar refractivity (Wildman–Crippen MR) is 104 cm³/mol. The van der Waals surface area contributed by atoms with Gasteiger partial charge in [0.25, 0.3) is 5.56 Å². The Labute approximate surface area is 164 Å². The summed E-state index contributed by atoms with van der Waals surface area (Å²) in [5.74, 6) is 0.0880. The maximum Gasteiger partial charge on any atom is 0.258 e. The number of pyridine rings is 1. The van der Waals surface area contributed by atoms with Gasteiger partial charge in [-0.05, 0) is 38.1 Å². The molecule has 0 fully saturated rings. The Morgan fingerprint density at radius 1 is 0.862 bits per heavy atom. The van der Waals surface area contributed by atoms with E-state index in [2.05, 4.69) is 0 Å². The van der Waals surface area contributed by atoms with Gasteiger partial charge in [0, 0.05) is 40.1 Å². The number of hydrogen-bond donors (Lipinski definition) is 0. The van der Waals surface area contributed by atoms with E-state index in [1.807, 2.05) is 0 Å². The number of carbonyl (C=O) groups is 3. The van der Waals surface area contributed by atoms with E-state index < -0.39 is 0 Å². The fourth-order valence-corrected chi connectivity index (χ4v) is 4.15. The third-order valence-corrected chi connectivity index (χ3v) is 5.53. The molecule has 144 valence electrons. The molecule has 7 heteroatoms. The summed E-state index contributed by atoms with van der Waals surface area (Å²) in [6.07, 6.45) is 0. The van der Waals surface area contributed by atoms with Crippen LogP contribution in [0.4, 0.5) is 0 Å². The Balaban J connectivity index is 1.93. The molecule has 0 atom stereocenters. The van der Waals surface area contributed by atoms with Gasteiger partial charge in [-0.25, -0.2) is 0 Å². The molecule has 2 aliphatic rings. The first-order chi connectivity index (χ1) is 13.8. The highest BCUT2D eigenvalue weighted by atomic mass is 16.7. The van der Waals surface area contributed by atoms with Crippen molar-refractivity contribution in [1.82, 2.24) is 4.57 Å². The number of rotatable bonds is 2. The zero-order chi connectivity index (χ0) is 20.6. The lowest BCUT2D eigenvalue weighted by molar-refractivity contribution is 0.0981. The van der Waals surface area contributed by atoms with E-state index >= 15 is 0 Å². The second-order valence-electron chi connectivity index (χ2n) is 7.22. The summed E-state index contributed by atoms with van der Waals surface area (Å²) in [4.78, 5) is 50.6. The van der Waals surface area contributed by atoms with Crippen molar-refractivity contribution in [3.63, 3.8) is 0 Å². The molecule has 0 N–H and O–H groups in total. The maximum atomic E-state index is 13.3. The second-order valence-corrected chi connectivity index (χ2v) is 7.22. The molecular formula is C22H15NO6. The average Bonchev–Trinajstić information content (AvgIpc) is 3.25. The average molecular weight is 389 g/mol. The highest BCUT2D eigenvalue weighted by Gasteiger charge is 2.35. The third-order valence-electron chi connectivity index (χ3n) is 5.53. The highest BCUT2D eigenvalue weighted by molar-refractivity contribution is 6.27. The molecule has 2 heterocycles. The molecule has 2 aromatic carbocycles. The second kappa shape index (κ2) is 5.64. The first-order valence-corrected chi connectivity index (χ1v) is 9.01. The lowest BCUT2D eigenvalue weighted by Crippen LogP contribution is -2.21. The molecule has 0 radical (unpaired) electrons. The molecular weight excluding hydrogens is 374 g/mol. The van der Waals surface area contributed by atoms with Crippen LogP contribution in [-0.2, 0) is 7.05 Å². The largest absolute Gasteiger partial charge is 0.454 e. The molecule has 0 saturated heterocycles. The van der Waals surface area contributed by atoms with Crippen LogP contribution in [0.2, 0.25) is 0 Å². The minimum atomic E-state index is -0.352. The van der Waals surface area contributed by atoms with E-state index in [-0.39, 0.29) is 46.2 Å². The van der Waals surface area contributed by atoms with E-state index in [9.17, 15) is 19.2 Å². The van der Waals surface area contributed by atoms with Crippen molar-refractivity contribution >= 4 is 28.1 Å². The van der Waals surface area contributed by atoms with Gasteiger partial charge >= 0.3 is 0 Å². The van der Waals surface area contributed by atoms with Crippen molar-refractivity contribution in [2.75, 3.05) is 6.79 Å². The molecule has 0 spiro atoms. The number of fused-ring (bicyclic) bond motifs is 6. The Bertz CT molecular complexity index is 1380. The lowest BCUT2D eigenvalue weighted by atomic mass is 9.94. The van der Waals surface area contributed by atoms with E-state index in [0.29, 0.717) is 39.3 Å². The van der Waals surface area contributed by atoms with Crippen molar-refractivity contribution in [2.24, 2.45) is 7.05 Å². The van der Waals surface area contributed by atoms with Crippen LogP contribution in [0.1, 0.15) is 50.5 Å². The topological polar surface area (TPSA) is 91.7 Å². The SMILES string of the molecule is CC(=O)c1cc2c3c(n(C)c(=O)c2cc1C(C)=O)-c1cc2c(cc1C3=O)OCO2. The first kappa shape index (κ1) is 17.4. The van der Waals surface area contributed by atoms with Crippen LogP contribution in [0.3, 0.4) is 0 Å². The summed E-state index contributed by atoms with van der Waals surface area (Å²) in [6, 6.07) is 6.22. The van der Waals surface area contributed by atoms with Crippen LogP contribution in [0.25, 0.3) is 22.0 Å². The zero-order valence-electron chi connectivity index (χ0n) is 15.9. The van der Waals surface area contributed by atoms with Crippen molar-refractivity contribution in [2.45, 2.75) is 13.8 Å². The highest BCUT2D eigenvalue weighted by Crippen LogP contribution is 2.45. The number of Topliss-reactive ketones (excluding diaryl/α,β-unsaturated/α-hetero) is 2. The van der Waals surface area contributed by atoms with E-state index in [1.165, 1.54) is 30.5 Å². The van der Waals surface area contributed by atoms with Gasteiger partial charge in [-0.15, -0.1) is 0 Å². The Kier molecular flexibility index (Phi) is 3.37. The minimum Gasteiger partial charge on any atom is -0.454 e. The van der Waals surface area contributed by atoms with Gasteiger partial charge in [0.15, 0.2) is 28.8 Å². The molecule has 3 aromatic rings. The molecule has 29 heavy (non-hydrogen) atoms. The number of nitrogens with zero attached hydrogens (tertiary/aromatic N) is 1. The molecule has 7 nitrogen and oxygen atoms in total. The van der Waals surface area contributed by atoms with E-state index in [0.717, 1.165) is 0 Å². The third kappa shape index (κ3) is 2.18. The van der Waals surface area contributed by atoms with Gasteiger partial charge in [0.1, 0.15) is 0 Å². The zero-order valence-corrected chi connectivity index (χ0v) is 15.9. The number of aromatic nitrogens is 1. The fraction of sp³-hybridized carbons (Fsp3) is 0.182. The number of benzene rings is 2. The molecule has 5 rings (SSSR count). The molecule has 0 amide bonds. The normalized spacial score (nSPS) is 13.6. The predicted octanol–water partition coefficient (Wildman–Crippen LogP) is 2.88. The van der Waals surface area contributed by atoms with Crippen molar-refractivity contribution in [1.29, 1.82) is 0 Å². The molecule has 1 aliphatic heterocycles. The molecule has 0 unspecified atom stereocenters. The van der Waals surface area contributed by atoms with Gasteiger partial charge in [-0.3, -0.25) is 19.2 Å². The van der Waals surface area contributed by atoms with Crippen molar-refractivity contribution in [3.8, 4) is 22.8 Å². The minimum absolute atomic E-state index is 0.0751. The van der Waals surface area contributed by atoms with Crippen LogP contribution in [0.15, 0.2) is 29.1 Å². The van der Waals surface area contributed by atoms with Crippen LogP contribution < -0.4 is 15.0 Å². The standard InChI is InChI=1S/C22H15NO6/c1-9(24)11-4-13-16(5-12(11)10(2)25)22(27)23(3)20-14-6-17-18(29-8-28-17)7-15(14)21(26)19(13)20/h4-7H,8H2,1-3H3.